The number of carbonyl (C=O) groups excluding carboxylic acids is 1. The molecule has 0 saturated carbocycles. The van der Waals surface area contributed by atoms with Crippen LogP contribution < -0.4 is 10.0 Å². The van der Waals surface area contributed by atoms with E-state index >= 15 is 0 Å². The van der Waals surface area contributed by atoms with E-state index in [2.05, 4.69) is 14.9 Å². The van der Waals surface area contributed by atoms with E-state index in [-0.39, 0.29) is 12.2 Å². The first-order valence-electron chi connectivity index (χ1n) is 10.1. The number of benzene rings is 1. The monoisotopic (exact) mass is 461 g/mol. The lowest BCUT2D eigenvalue weighted by Crippen LogP contribution is -2.48. The Morgan fingerprint density at radius 1 is 1.30 bits per heavy atom. The Hall–Kier alpha value is -1.20. The molecule has 1 aliphatic heterocycles. The molecule has 1 saturated heterocycles. The molecule has 3 atom stereocenters. The number of hydrogen-bond acceptors (Lipinski definition) is 6. The number of ether oxygens (including phenoxy) is 1. The van der Waals surface area contributed by atoms with Crippen molar-refractivity contribution in [3.63, 3.8) is 0 Å². The number of thioether (sulfide) groups is 1. The number of carbonyl (C=O) groups is 1. The van der Waals surface area contributed by atoms with Crippen LogP contribution in [0.2, 0.25) is 0 Å². The summed E-state index contributed by atoms with van der Waals surface area (Å²) in [5.74, 6) is -0.641. The number of nitrogens with zero attached hydrogens (tertiary/aromatic N) is 1. The van der Waals surface area contributed by atoms with E-state index in [9.17, 15) is 17.6 Å². The first kappa shape index (κ1) is 25.1. The van der Waals surface area contributed by atoms with Crippen molar-refractivity contribution < 1.29 is 22.3 Å². The minimum Gasteiger partial charge on any atom is -0.373 e. The number of hydrogen-bond donors (Lipinski definition) is 2. The summed E-state index contributed by atoms with van der Waals surface area (Å²) in [4.78, 5) is 14.5. The minimum atomic E-state index is -4.14. The van der Waals surface area contributed by atoms with Gasteiger partial charge >= 0.3 is 0 Å². The summed E-state index contributed by atoms with van der Waals surface area (Å²) in [7, 11) is -4.14. The summed E-state index contributed by atoms with van der Waals surface area (Å²) in [5.41, 5.74) is 0. The molecule has 1 aromatic carbocycles. The molecule has 0 spiro atoms. The van der Waals surface area contributed by atoms with Crippen LogP contribution in [0.4, 0.5) is 4.39 Å². The molecule has 3 unspecified atom stereocenters. The Kier molecular flexibility index (Phi) is 10.0. The van der Waals surface area contributed by atoms with Gasteiger partial charge in [0.15, 0.2) is 0 Å². The fourth-order valence-corrected chi connectivity index (χ4v) is 5.28. The van der Waals surface area contributed by atoms with Gasteiger partial charge in [-0.1, -0.05) is 12.1 Å². The highest BCUT2D eigenvalue weighted by Crippen LogP contribution is 2.15. The zero-order valence-electron chi connectivity index (χ0n) is 17.8. The van der Waals surface area contributed by atoms with Gasteiger partial charge in [0.05, 0.1) is 12.2 Å². The van der Waals surface area contributed by atoms with E-state index in [1.54, 1.807) is 0 Å². The molecule has 10 heteroatoms. The lowest BCUT2D eigenvalue weighted by Gasteiger charge is -2.35. The van der Waals surface area contributed by atoms with Gasteiger partial charge in [-0.2, -0.15) is 16.5 Å². The van der Waals surface area contributed by atoms with Crippen molar-refractivity contribution in [2.75, 3.05) is 38.2 Å². The van der Waals surface area contributed by atoms with Gasteiger partial charge in [0.2, 0.25) is 15.9 Å². The average molecular weight is 462 g/mol. The van der Waals surface area contributed by atoms with Gasteiger partial charge in [-0.25, -0.2) is 12.8 Å². The predicted octanol–water partition coefficient (Wildman–Crippen LogP) is 1.84. The largest absolute Gasteiger partial charge is 0.373 e. The SMILES string of the molecule is CSCCC(NS(=O)(=O)c1ccccc1F)C(=O)NCCCN1CC(C)OC(C)C1. The van der Waals surface area contributed by atoms with Crippen molar-refractivity contribution in [2.24, 2.45) is 0 Å². The Morgan fingerprint density at radius 3 is 2.60 bits per heavy atom. The maximum Gasteiger partial charge on any atom is 0.244 e. The Balaban J connectivity index is 1.89. The van der Waals surface area contributed by atoms with E-state index in [0.717, 1.165) is 32.1 Å². The summed E-state index contributed by atoms with van der Waals surface area (Å²) >= 11 is 1.51. The third kappa shape index (κ3) is 7.81. The molecule has 2 rings (SSSR count). The lowest BCUT2D eigenvalue weighted by atomic mass is 10.2. The van der Waals surface area contributed by atoms with Crippen molar-refractivity contribution in [1.82, 2.24) is 14.9 Å². The molecular weight excluding hydrogens is 429 g/mol. The molecule has 2 N–H and O–H groups in total. The van der Waals surface area contributed by atoms with Crippen LogP contribution in [0.15, 0.2) is 29.2 Å². The number of nitrogens with one attached hydrogen (secondary N) is 2. The smallest absolute Gasteiger partial charge is 0.244 e. The molecule has 170 valence electrons. The van der Waals surface area contributed by atoms with E-state index in [0.29, 0.717) is 18.7 Å². The van der Waals surface area contributed by atoms with Crippen molar-refractivity contribution >= 4 is 27.7 Å². The molecule has 1 aromatic rings. The lowest BCUT2D eigenvalue weighted by molar-refractivity contribution is -0.122. The maximum atomic E-state index is 13.9. The fraction of sp³-hybridized carbons (Fsp3) is 0.650. The summed E-state index contributed by atoms with van der Waals surface area (Å²) < 4.78 is 47.2. The van der Waals surface area contributed by atoms with Crippen molar-refractivity contribution in [1.29, 1.82) is 0 Å². The van der Waals surface area contributed by atoms with Gasteiger partial charge < -0.3 is 10.1 Å². The third-order valence-electron chi connectivity index (χ3n) is 4.80. The first-order chi connectivity index (χ1) is 14.2. The Bertz CT molecular complexity index is 784. The zero-order chi connectivity index (χ0) is 22.1. The predicted molar refractivity (Wildman–Crippen MR) is 118 cm³/mol. The highest BCUT2D eigenvalue weighted by Gasteiger charge is 2.27. The van der Waals surface area contributed by atoms with Gasteiger partial charge in [0.1, 0.15) is 16.8 Å². The summed E-state index contributed by atoms with van der Waals surface area (Å²) in [6.07, 6.45) is 3.32. The zero-order valence-corrected chi connectivity index (χ0v) is 19.4. The number of rotatable bonds is 11. The highest BCUT2D eigenvalue weighted by molar-refractivity contribution is 7.98. The van der Waals surface area contributed by atoms with Crippen molar-refractivity contribution in [3.05, 3.63) is 30.1 Å². The van der Waals surface area contributed by atoms with Gasteiger partial charge in [0.25, 0.3) is 0 Å². The van der Waals surface area contributed by atoms with Crippen LogP contribution in [0.1, 0.15) is 26.7 Å². The van der Waals surface area contributed by atoms with Crippen LogP contribution in [-0.4, -0.2) is 75.7 Å². The molecular formula is C20H32FN3O4S2. The van der Waals surface area contributed by atoms with Crippen LogP contribution in [-0.2, 0) is 19.6 Å². The molecule has 0 radical (unpaired) electrons. The fourth-order valence-electron chi connectivity index (χ4n) is 3.50. The average Bonchev–Trinajstić information content (AvgIpc) is 2.67. The normalized spacial score (nSPS) is 21.3. The summed E-state index contributed by atoms with van der Waals surface area (Å²) in [6, 6.07) is 4.18. The van der Waals surface area contributed by atoms with Gasteiger partial charge in [-0.15, -0.1) is 0 Å². The van der Waals surface area contributed by atoms with Gasteiger partial charge in [-0.05, 0) is 50.8 Å². The van der Waals surface area contributed by atoms with Gasteiger partial charge in [0, 0.05) is 26.2 Å². The summed E-state index contributed by atoms with van der Waals surface area (Å²) in [5, 5.41) is 2.82. The van der Waals surface area contributed by atoms with Crippen molar-refractivity contribution in [2.45, 2.75) is 49.8 Å². The minimum absolute atomic E-state index is 0.187. The molecule has 1 heterocycles. The van der Waals surface area contributed by atoms with Crippen molar-refractivity contribution in [3.8, 4) is 0 Å². The number of morpholine rings is 1. The van der Waals surface area contributed by atoms with Crippen LogP contribution in [0, 0.1) is 5.82 Å². The second-order valence-corrected chi connectivity index (χ2v) is 10.2. The first-order valence-corrected chi connectivity index (χ1v) is 13.0. The van der Waals surface area contributed by atoms with E-state index in [4.69, 9.17) is 4.74 Å². The molecule has 0 aromatic heterocycles. The number of halogens is 1. The molecule has 7 nitrogen and oxygen atoms in total. The molecule has 1 fully saturated rings. The van der Waals surface area contributed by atoms with E-state index in [1.165, 1.54) is 30.0 Å². The second kappa shape index (κ2) is 12.0. The second-order valence-electron chi connectivity index (χ2n) is 7.55. The maximum absolute atomic E-state index is 13.9. The molecule has 1 aliphatic rings. The molecule has 1 amide bonds. The van der Waals surface area contributed by atoms with Crippen LogP contribution in [0.25, 0.3) is 0 Å². The summed E-state index contributed by atoms with van der Waals surface area (Å²) in [6.45, 7) is 7.07. The topological polar surface area (TPSA) is 87.7 Å². The third-order valence-corrected chi connectivity index (χ3v) is 6.95. The molecule has 0 aliphatic carbocycles. The Morgan fingerprint density at radius 2 is 1.97 bits per heavy atom. The van der Waals surface area contributed by atoms with Crippen LogP contribution >= 0.6 is 11.8 Å². The number of amides is 1. The standard InChI is InChI=1S/C20H32FN3O4S2/c1-15-13-24(14-16(2)28-15)11-6-10-22-20(25)18(9-12-29-3)23-30(26,27)19-8-5-4-7-17(19)21/h4-5,7-8,15-16,18,23H,6,9-14H2,1-3H3,(H,22,25). The van der Waals surface area contributed by atoms with E-state index < -0.39 is 32.7 Å². The van der Waals surface area contributed by atoms with Crippen LogP contribution in [0.5, 0.6) is 0 Å². The van der Waals surface area contributed by atoms with Crippen LogP contribution in [0.3, 0.4) is 0 Å². The Labute approximate surface area is 183 Å². The molecule has 30 heavy (non-hydrogen) atoms. The molecule has 0 bridgehead atoms. The number of sulfonamides is 1. The van der Waals surface area contributed by atoms with E-state index in [1.807, 2.05) is 20.1 Å². The highest BCUT2D eigenvalue weighted by atomic mass is 32.2. The van der Waals surface area contributed by atoms with Gasteiger partial charge in [-0.3, -0.25) is 9.69 Å². The quantitative estimate of drug-likeness (QED) is 0.489.